The molecule has 0 aromatic rings. The Kier molecular flexibility index (Phi) is 8.70. The van der Waals surface area contributed by atoms with Crippen molar-refractivity contribution in [3.8, 4) is 0 Å². The zero-order valence-corrected chi connectivity index (χ0v) is 9.55. The Hall–Kier alpha value is -0.530. The second-order valence-corrected chi connectivity index (χ2v) is 4.01. The quantitative estimate of drug-likeness (QED) is 0.535. The standard InChI is InChI=1S/C12H24O2/c1-3-5-7-8-10-11(12(13)14)9-6-4-2/h11H,3-10H2,1-2H3,(H,13,14)/p-1/t11-/m1/s1. The molecule has 0 unspecified atom stereocenters. The van der Waals surface area contributed by atoms with Gasteiger partial charge in [0, 0.05) is 5.97 Å². The van der Waals surface area contributed by atoms with E-state index in [4.69, 9.17) is 0 Å². The highest BCUT2D eigenvalue weighted by atomic mass is 16.4. The molecule has 0 aromatic carbocycles. The minimum atomic E-state index is -0.852. The molecule has 0 heterocycles. The van der Waals surface area contributed by atoms with Crippen molar-refractivity contribution < 1.29 is 9.90 Å². The van der Waals surface area contributed by atoms with Crippen LogP contribution in [0.2, 0.25) is 0 Å². The van der Waals surface area contributed by atoms with Crippen LogP contribution in [0, 0.1) is 5.92 Å². The highest BCUT2D eigenvalue weighted by Crippen LogP contribution is 2.16. The molecule has 2 nitrogen and oxygen atoms in total. The van der Waals surface area contributed by atoms with E-state index in [2.05, 4.69) is 13.8 Å². The summed E-state index contributed by atoms with van der Waals surface area (Å²) in [5.74, 6) is -1.05. The van der Waals surface area contributed by atoms with E-state index in [1.807, 2.05) is 0 Å². The monoisotopic (exact) mass is 199 g/mol. The van der Waals surface area contributed by atoms with Gasteiger partial charge < -0.3 is 9.90 Å². The van der Waals surface area contributed by atoms with Crippen LogP contribution in [0.15, 0.2) is 0 Å². The van der Waals surface area contributed by atoms with Gasteiger partial charge in [-0.1, -0.05) is 52.4 Å². The van der Waals surface area contributed by atoms with Gasteiger partial charge in [0.1, 0.15) is 0 Å². The van der Waals surface area contributed by atoms with Crippen molar-refractivity contribution >= 4 is 5.97 Å². The summed E-state index contributed by atoms with van der Waals surface area (Å²) in [6.07, 6.45) is 8.29. The van der Waals surface area contributed by atoms with Gasteiger partial charge in [0.05, 0.1) is 0 Å². The van der Waals surface area contributed by atoms with Crippen LogP contribution < -0.4 is 5.11 Å². The molecule has 2 heteroatoms. The number of hydrogen-bond acceptors (Lipinski definition) is 2. The maximum Gasteiger partial charge on any atom is 0.0445 e. The molecule has 0 rings (SSSR count). The zero-order valence-electron chi connectivity index (χ0n) is 9.55. The van der Waals surface area contributed by atoms with Gasteiger partial charge in [-0.2, -0.15) is 0 Å². The lowest BCUT2D eigenvalue weighted by atomic mass is 9.95. The molecule has 0 radical (unpaired) electrons. The van der Waals surface area contributed by atoms with Crippen LogP contribution in [-0.4, -0.2) is 5.97 Å². The molecular weight excluding hydrogens is 176 g/mol. The summed E-state index contributed by atoms with van der Waals surface area (Å²) in [5.41, 5.74) is 0. The summed E-state index contributed by atoms with van der Waals surface area (Å²) in [6, 6.07) is 0. The lowest BCUT2D eigenvalue weighted by Crippen LogP contribution is -2.31. The molecular formula is C12H23O2-. The largest absolute Gasteiger partial charge is 0.550 e. The molecule has 1 atom stereocenters. The first kappa shape index (κ1) is 13.5. The highest BCUT2D eigenvalue weighted by molar-refractivity contribution is 5.67. The fourth-order valence-electron chi connectivity index (χ4n) is 1.65. The Morgan fingerprint density at radius 1 is 1.00 bits per heavy atom. The van der Waals surface area contributed by atoms with Crippen LogP contribution in [0.5, 0.6) is 0 Å². The molecule has 0 bridgehead atoms. The first-order chi connectivity index (χ1) is 6.72. The fourth-order valence-corrected chi connectivity index (χ4v) is 1.65. The molecule has 0 aromatic heterocycles. The van der Waals surface area contributed by atoms with Crippen molar-refractivity contribution in [1.82, 2.24) is 0 Å². The van der Waals surface area contributed by atoms with Gasteiger partial charge in [0.15, 0.2) is 0 Å². The van der Waals surface area contributed by atoms with Gasteiger partial charge >= 0.3 is 0 Å². The Morgan fingerprint density at radius 2 is 1.57 bits per heavy atom. The molecule has 0 N–H and O–H groups in total. The summed E-state index contributed by atoms with van der Waals surface area (Å²) in [6.45, 7) is 4.25. The van der Waals surface area contributed by atoms with E-state index in [0.29, 0.717) is 0 Å². The normalized spacial score (nSPS) is 12.7. The average Bonchev–Trinajstić information content (AvgIpc) is 2.16. The minimum absolute atomic E-state index is 0.202. The van der Waals surface area contributed by atoms with E-state index >= 15 is 0 Å². The first-order valence-corrected chi connectivity index (χ1v) is 5.93. The van der Waals surface area contributed by atoms with E-state index in [0.717, 1.165) is 38.5 Å². The van der Waals surface area contributed by atoms with Crippen LogP contribution in [-0.2, 0) is 4.79 Å². The molecule has 14 heavy (non-hydrogen) atoms. The van der Waals surface area contributed by atoms with Crippen molar-refractivity contribution in [2.75, 3.05) is 0 Å². The van der Waals surface area contributed by atoms with Gasteiger partial charge in [-0.15, -0.1) is 0 Å². The summed E-state index contributed by atoms with van der Waals surface area (Å²) in [5, 5.41) is 10.8. The summed E-state index contributed by atoms with van der Waals surface area (Å²) in [7, 11) is 0. The molecule has 0 saturated heterocycles. The van der Waals surface area contributed by atoms with Crippen LogP contribution in [0.3, 0.4) is 0 Å². The maximum absolute atomic E-state index is 10.8. The number of unbranched alkanes of at least 4 members (excludes halogenated alkanes) is 4. The van der Waals surface area contributed by atoms with Gasteiger partial charge in [-0.05, 0) is 18.8 Å². The SMILES string of the molecule is CCCCCC[C@@H](CCCC)C(=O)[O-]. The third-order valence-corrected chi connectivity index (χ3v) is 2.65. The average molecular weight is 199 g/mol. The summed E-state index contributed by atoms with van der Waals surface area (Å²) in [4.78, 5) is 10.8. The molecule has 0 aliphatic carbocycles. The van der Waals surface area contributed by atoms with Crippen molar-refractivity contribution in [3.63, 3.8) is 0 Å². The second-order valence-electron chi connectivity index (χ2n) is 4.01. The topological polar surface area (TPSA) is 40.1 Å². The molecule has 84 valence electrons. The minimum Gasteiger partial charge on any atom is -0.550 e. The predicted molar refractivity (Wildman–Crippen MR) is 56.8 cm³/mol. The van der Waals surface area contributed by atoms with Gasteiger partial charge in [-0.25, -0.2) is 0 Å². The Bertz CT molecular complexity index is 143. The molecule has 0 saturated carbocycles. The fraction of sp³-hybridized carbons (Fsp3) is 0.917. The Morgan fingerprint density at radius 3 is 2.07 bits per heavy atom. The van der Waals surface area contributed by atoms with Crippen LogP contribution >= 0.6 is 0 Å². The van der Waals surface area contributed by atoms with E-state index < -0.39 is 5.97 Å². The van der Waals surface area contributed by atoms with Gasteiger partial charge in [0.2, 0.25) is 0 Å². The number of hydrogen-bond donors (Lipinski definition) is 0. The lowest BCUT2D eigenvalue weighted by molar-refractivity contribution is -0.312. The van der Waals surface area contributed by atoms with Gasteiger partial charge in [-0.3, -0.25) is 0 Å². The highest BCUT2D eigenvalue weighted by Gasteiger charge is 2.08. The van der Waals surface area contributed by atoms with Crippen molar-refractivity contribution in [3.05, 3.63) is 0 Å². The summed E-state index contributed by atoms with van der Waals surface area (Å²) >= 11 is 0. The number of aliphatic carboxylic acids is 1. The first-order valence-electron chi connectivity index (χ1n) is 5.93. The Balaban J connectivity index is 3.57. The number of rotatable bonds is 9. The van der Waals surface area contributed by atoms with Crippen molar-refractivity contribution in [1.29, 1.82) is 0 Å². The zero-order chi connectivity index (χ0) is 10.8. The number of carboxylic acid groups (broad SMARTS) is 1. The molecule has 0 fully saturated rings. The van der Waals surface area contributed by atoms with Crippen LogP contribution in [0.1, 0.15) is 65.2 Å². The number of carbonyl (C=O) groups excluding carboxylic acids is 1. The second kappa shape index (κ2) is 9.04. The third-order valence-electron chi connectivity index (χ3n) is 2.65. The van der Waals surface area contributed by atoms with Crippen LogP contribution in [0.4, 0.5) is 0 Å². The predicted octanol–water partition coefficient (Wildman–Crippen LogP) is 2.51. The van der Waals surface area contributed by atoms with E-state index in [9.17, 15) is 9.90 Å². The Labute approximate surface area is 87.7 Å². The van der Waals surface area contributed by atoms with E-state index in [-0.39, 0.29) is 5.92 Å². The van der Waals surface area contributed by atoms with E-state index in [1.54, 1.807) is 0 Å². The summed E-state index contributed by atoms with van der Waals surface area (Å²) < 4.78 is 0. The van der Waals surface area contributed by atoms with Crippen LogP contribution in [0.25, 0.3) is 0 Å². The van der Waals surface area contributed by atoms with E-state index in [1.165, 1.54) is 12.8 Å². The maximum atomic E-state index is 10.8. The van der Waals surface area contributed by atoms with Gasteiger partial charge in [0.25, 0.3) is 0 Å². The molecule has 0 aliphatic heterocycles. The van der Waals surface area contributed by atoms with Crippen molar-refractivity contribution in [2.45, 2.75) is 65.2 Å². The number of carbonyl (C=O) groups is 1. The molecule has 0 amide bonds. The molecule has 0 spiro atoms. The number of carboxylic acids is 1. The lowest BCUT2D eigenvalue weighted by Gasteiger charge is -2.17. The third kappa shape index (κ3) is 6.93. The smallest absolute Gasteiger partial charge is 0.0445 e. The molecule has 0 aliphatic rings. The van der Waals surface area contributed by atoms with Crippen molar-refractivity contribution in [2.24, 2.45) is 5.92 Å².